The molecule has 0 radical (unpaired) electrons. The van der Waals surface area contributed by atoms with Crippen molar-refractivity contribution in [3.05, 3.63) is 0 Å². The van der Waals surface area contributed by atoms with Gasteiger partial charge in [-0.2, -0.15) is 0 Å². The van der Waals surface area contributed by atoms with Crippen LogP contribution in [0.4, 0.5) is 0 Å². The molecule has 5 heteroatoms. The lowest BCUT2D eigenvalue weighted by atomic mass is 9.79. The normalized spacial score (nSPS) is 23.6. The van der Waals surface area contributed by atoms with E-state index in [2.05, 4.69) is 20.8 Å². The minimum Gasteiger partial charge on any atom is -0.369 e. The molecule has 1 heterocycles. The van der Waals surface area contributed by atoms with Crippen LogP contribution in [-0.2, 0) is 9.53 Å². The van der Waals surface area contributed by atoms with Crippen molar-refractivity contribution in [3.8, 4) is 0 Å². The molecular weight excluding hydrogens is 264 g/mol. The Hall–Kier alpha value is -0.320. The number of likely N-dealkylation sites (tertiary alicyclic amines) is 1. The molecule has 1 fully saturated rings. The second-order valence-electron chi connectivity index (χ2n) is 6.01. The predicted octanol–water partition coefficient (Wildman–Crippen LogP) is 2.20. The number of hydrogen-bond donors (Lipinski definition) is 1. The number of hydrogen-bond acceptors (Lipinski definition) is 3. The van der Waals surface area contributed by atoms with Gasteiger partial charge in [0.25, 0.3) is 5.91 Å². The molecule has 0 aliphatic carbocycles. The SMILES string of the molecule is CCCCOC(C)C(=O)N1CCC(N)C(C)(C)C1.Cl. The van der Waals surface area contributed by atoms with Gasteiger partial charge in [0.05, 0.1) is 0 Å². The third-order valence-corrected chi connectivity index (χ3v) is 3.84. The zero-order valence-corrected chi connectivity index (χ0v) is 13.5. The molecule has 0 bridgehead atoms. The number of carbonyl (C=O) groups is 1. The van der Waals surface area contributed by atoms with E-state index >= 15 is 0 Å². The van der Waals surface area contributed by atoms with E-state index in [-0.39, 0.29) is 35.9 Å². The number of nitrogens with two attached hydrogens (primary N) is 1. The first kappa shape index (κ1) is 18.7. The highest BCUT2D eigenvalue weighted by Crippen LogP contribution is 2.28. The average Bonchev–Trinajstić information content (AvgIpc) is 2.32. The molecule has 19 heavy (non-hydrogen) atoms. The molecule has 1 rings (SSSR count). The number of unbranched alkanes of at least 4 members (excludes halogenated alkanes) is 1. The van der Waals surface area contributed by atoms with Crippen LogP contribution >= 0.6 is 12.4 Å². The van der Waals surface area contributed by atoms with Crippen LogP contribution in [0.25, 0.3) is 0 Å². The van der Waals surface area contributed by atoms with Crippen LogP contribution < -0.4 is 5.73 Å². The van der Waals surface area contributed by atoms with Crippen LogP contribution in [0, 0.1) is 5.41 Å². The number of piperidine rings is 1. The Morgan fingerprint density at radius 1 is 1.53 bits per heavy atom. The Morgan fingerprint density at radius 2 is 2.16 bits per heavy atom. The van der Waals surface area contributed by atoms with E-state index in [1.807, 2.05) is 11.8 Å². The van der Waals surface area contributed by atoms with Crippen LogP contribution in [-0.4, -0.2) is 42.6 Å². The number of rotatable bonds is 5. The van der Waals surface area contributed by atoms with E-state index in [9.17, 15) is 4.79 Å². The van der Waals surface area contributed by atoms with Gasteiger partial charge < -0.3 is 15.4 Å². The Kier molecular flexibility index (Phi) is 7.94. The molecule has 2 atom stereocenters. The molecule has 0 spiro atoms. The standard InChI is InChI=1S/C14H28N2O2.ClH/c1-5-6-9-18-11(2)13(17)16-8-7-12(15)14(3,4)10-16;/h11-12H,5-10,15H2,1-4H3;1H. The van der Waals surface area contributed by atoms with Gasteiger partial charge in [-0.3, -0.25) is 4.79 Å². The van der Waals surface area contributed by atoms with Crippen LogP contribution in [0.3, 0.4) is 0 Å². The summed E-state index contributed by atoms with van der Waals surface area (Å²) < 4.78 is 5.57. The summed E-state index contributed by atoms with van der Waals surface area (Å²) in [5.74, 6) is 0.103. The maximum Gasteiger partial charge on any atom is 0.251 e. The zero-order chi connectivity index (χ0) is 13.8. The summed E-state index contributed by atoms with van der Waals surface area (Å²) in [5, 5.41) is 0. The molecule has 114 valence electrons. The first-order valence-electron chi connectivity index (χ1n) is 7.04. The number of carbonyl (C=O) groups excluding carboxylic acids is 1. The second kappa shape index (κ2) is 8.08. The van der Waals surface area contributed by atoms with E-state index in [4.69, 9.17) is 10.5 Å². The molecule has 2 unspecified atom stereocenters. The Labute approximate surface area is 123 Å². The first-order chi connectivity index (χ1) is 8.38. The van der Waals surface area contributed by atoms with Crippen molar-refractivity contribution >= 4 is 18.3 Å². The lowest BCUT2D eigenvalue weighted by Gasteiger charge is -2.43. The fraction of sp³-hybridized carbons (Fsp3) is 0.929. The summed E-state index contributed by atoms with van der Waals surface area (Å²) in [5.41, 5.74) is 6.08. The molecule has 1 amide bonds. The Morgan fingerprint density at radius 3 is 2.68 bits per heavy atom. The quantitative estimate of drug-likeness (QED) is 0.790. The molecule has 1 aliphatic rings. The van der Waals surface area contributed by atoms with Gasteiger partial charge in [-0.25, -0.2) is 0 Å². The summed E-state index contributed by atoms with van der Waals surface area (Å²) in [6.45, 7) is 10.4. The molecule has 1 aliphatic heterocycles. The Bertz CT molecular complexity index is 285. The van der Waals surface area contributed by atoms with E-state index in [1.165, 1.54) is 0 Å². The number of halogens is 1. The van der Waals surface area contributed by atoms with Gasteiger partial charge in [0.1, 0.15) is 6.10 Å². The summed E-state index contributed by atoms with van der Waals surface area (Å²) in [7, 11) is 0. The van der Waals surface area contributed by atoms with E-state index in [0.717, 1.165) is 32.4 Å². The van der Waals surface area contributed by atoms with Crippen LogP contribution in [0.5, 0.6) is 0 Å². The van der Waals surface area contributed by atoms with Gasteiger partial charge >= 0.3 is 0 Å². The highest BCUT2D eigenvalue weighted by Gasteiger charge is 2.36. The monoisotopic (exact) mass is 292 g/mol. The summed E-state index contributed by atoms with van der Waals surface area (Å²) in [6, 6.07) is 0.179. The second-order valence-corrected chi connectivity index (χ2v) is 6.01. The van der Waals surface area contributed by atoms with Gasteiger partial charge in [0, 0.05) is 25.7 Å². The van der Waals surface area contributed by atoms with Crippen molar-refractivity contribution in [1.82, 2.24) is 4.90 Å². The third kappa shape index (κ3) is 5.28. The summed E-state index contributed by atoms with van der Waals surface area (Å²) in [4.78, 5) is 14.1. The van der Waals surface area contributed by atoms with Gasteiger partial charge in [-0.15, -0.1) is 12.4 Å². The van der Waals surface area contributed by atoms with Crippen molar-refractivity contribution in [3.63, 3.8) is 0 Å². The fourth-order valence-electron chi connectivity index (χ4n) is 2.29. The highest BCUT2D eigenvalue weighted by molar-refractivity contribution is 5.85. The number of amides is 1. The van der Waals surface area contributed by atoms with E-state index in [1.54, 1.807) is 0 Å². The summed E-state index contributed by atoms with van der Waals surface area (Å²) >= 11 is 0. The van der Waals surface area contributed by atoms with Crippen molar-refractivity contribution < 1.29 is 9.53 Å². The van der Waals surface area contributed by atoms with E-state index < -0.39 is 0 Å². The maximum absolute atomic E-state index is 12.2. The van der Waals surface area contributed by atoms with Crippen molar-refractivity contribution in [2.24, 2.45) is 11.1 Å². The molecule has 0 saturated carbocycles. The van der Waals surface area contributed by atoms with Crippen LogP contribution in [0.15, 0.2) is 0 Å². The van der Waals surface area contributed by atoms with Crippen LogP contribution in [0.2, 0.25) is 0 Å². The molecule has 0 aromatic rings. The summed E-state index contributed by atoms with van der Waals surface area (Å²) in [6.07, 6.45) is 2.64. The van der Waals surface area contributed by atoms with Gasteiger partial charge in [-0.05, 0) is 25.2 Å². The van der Waals surface area contributed by atoms with Crippen LogP contribution in [0.1, 0.15) is 47.0 Å². The highest BCUT2D eigenvalue weighted by atomic mass is 35.5. The van der Waals surface area contributed by atoms with Crippen molar-refractivity contribution in [2.75, 3.05) is 19.7 Å². The third-order valence-electron chi connectivity index (χ3n) is 3.84. The molecule has 4 nitrogen and oxygen atoms in total. The smallest absolute Gasteiger partial charge is 0.251 e. The minimum atomic E-state index is -0.332. The zero-order valence-electron chi connectivity index (χ0n) is 12.6. The van der Waals surface area contributed by atoms with Crippen molar-refractivity contribution in [1.29, 1.82) is 0 Å². The lowest BCUT2D eigenvalue weighted by molar-refractivity contribution is -0.146. The largest absolute Gasteiger partial charge is 0.369 e. The minimum absolute atomic E-state index is 0. The molecule has 1 saturated heterocycles. The molecule has 2 N–H and O–H groups in total. The van der Waals surface area contributed by atoms with E-state index in [0.29, 0.717) is 6.61 Å². The average molecular weight is 293 g/mol. The predicted molar refractivity (Wildman–Crippen MR) is 80.5 cm³/mol. The number of ether oxygens (including phenoxy) is 1. The maximum atomic E-state index is 12.2. The fourth-order valence-corrected chi connectivity index (χ4v) is 2.29. The van der Waals surface area contributed by atoms with Crippen molar-refractivity contribution in [2.45, 2.75) is 59.1 Å². The first-order valence-corrected chi connectivity index (χ1v) is 7.04. The lowest BCUT2D eigenvalue weighted by Crippen LogP contribution is -2.55. The van der Waals surface area contributed by atoms with Gasteiger partial charge in [0.2, 0.25) is 0 Å². The van der Waals surface area contributed by atoms with Gasteiger partial charge in [0.15, 0.2) is 0 Å². The molecular formula is C14H29ClN2O2. The Balaban J connectivity index is 0.00000324. The topological polar surface area (TPSA) is 55.6 Å². The number of nitrogens with zero attached hydrogens (tertiary/aromatic N) is 1. The molecule has 0 aromatic heterocycles. The molecule has 0 aromatic carbocycles. The van der Waals surface area contributed by atoms with Gasteiger partial charge in [-0.1, -0.05) is 27.2 Å².